The van der Waals surface area contributed by atoms with E-state index in [4.69, 9.17) is 0 Å². The average molecular weight is 578 g/mol. The van der Waals surface area contributed by atoms with E-state index >= 15 is 0 Å². The van der Waals surface area contributed by atoms with E-state index in [2.05, 4.69) is 20.1 Å². The molecule has 1 amide bonds. The number of nitrogens with zero attached hydrogens (tertiary/aromatic N) is 4. The predicted octanol–water partition coefficient (Wildman–Crippen LogP) is 1.67. The van der Waals surface area contributed by atoms with Crippen LogP contribution in [-0.2, 0) is 14.6 Å². The Balaban J connectivity index is 0.00000363. The minimum absolute atomic E-state index is 0. The molecule has 2 saturated heterocycles. The van der Waals surface area contributed by atoms with Gasteiger partial charge in [0, 0.05) is 52.9 Å². The largest absolute Gasteiger partial charge is 0.356 e. The van der Waals surface area contributed by atoms with E-state index in [1.54, 1.807) is 31.3 Å². The van der Waals surface area contributed by atoms with Crippen molar-refractivity contribution in [2.45, 2.75) is 37.1 Å². The fourth-order valence-electron chi connectivity index (χ4n) is 4.22. The highest BCUT2D eigenvalue weighted by Gasteiger charge is 2.30. The molecule has 10 heteroatoms. The van der Waals surface area contributed by atoms with Crippen LogP contribution in [0.1, 0.15) is 26.2 Å². The van der Waals surface area contributed by atoms with Crippen molar-refractivity contribution in [3.63, 3.8) is 0 Å². The third kappa shape index (κ3) is 7.05. The quantitative estimate of drug-likeness (QED) is 0.230. The first-order valence-corrected chi connectivity index (χ1v) is 12.8. The third-order valence-electron chi connectivity index (χ3n) is 6.12. The lowest BCUT2D eigenvalue weighted by Gasteiger charge is -2.39. The van der Waals surface area contributed by atoms with Gasteiger partial charge in [0.05, 0.1) is 16.7 Å². The van der Waals surface area contributed by atoms with Crippen LogP contribution in [0.2, 0.25) is 0 Å². The maximum Gasteiger partial charge on any atom is 0.239 e. The Morgan fingerprint density at radius 2 is 1.66 bits per heavy atom. The molecule has 2 fully saturated rings. The van der Waals surface area contributed by atoms with Crippen LogP contribution in [0.25, 0.3) is 0 Å². The number of carbonyl (C=O) groups is 1. The summed E-state index contributed by atoms with van der Waals surface area (Å²) in [7, 11) is -1.51. The van der Waals surface area contributed by atoms with Crippen LogP contribution in [0.3, 0.4) is 0 Å². The highest BCUT2D eigenvalue weighted by molar-refractivity contribution is 14.0. The molecule has 0 radical (unpaired) electrons. The average Bonchev–Trinajstić information content (AvgIpc) is 3.34. The highest BCUT2D eigenvalue weighted by atomic mass is 127. The van der Waals surface area contributed by atoms with Gasteiger partial charge >= 0.3 is 0 Å². The number of halogens is 1. The molecule has 8 nitrogen and oxygen atoms in total. The first-order chi connectivity index (χ1) is 14.9. The molecule has 1 aromatic rings. The Bertz CT molecular complexity index is 852. The summed E-state index contributed by atoms with van der Waals surface area (Å²) in [6.07, 6.45) is 2.74. The minimum atomic E-state index is -3.26. The van der Waals surface area contributed by atoms with Crippen LogP contribution in [0, 0.1) is 0 Å². The molecule has 0 aliphatic carbocycles. The molecular formula is C22H36IN5O3S. The number of sulfone groups is 1. The summed E-state index contributed by atoms with van der Waals surface area (Å²) in [5.74, 6) is 1.13. The van der Waals surface area contributed by atoms with Crippen LogP contribution in [0.15, 0.2) is 40.2 Å². The van der Waals surface area contributed by atoms with E-state index < -0.39 is 9.84 Å². The maximum absolute atomic E-state index is 12.7. The molecule has 2 heterocycles. The Morgan fingerprint density at radius 1 is 1.03 bits per heavy atom. The molecule has 2 aliphatic heterocycles. The topological polar surface area (TPSA) is 85.3 Å². The van der Waals surface area contributed by atoms with Crippen LogP contribution in [-0.4, -0.2) is 99.6 Å². The summed E-state index contributed by atoms with van der Waals surface area (Å²) in [5, 5.41) is 3.29. The SMILES string of the molecule is CN=C(NCCCS(=O)(=O)c1ccccc1)N1CCN(C(C)C(=O)N2CCCC2)CC1.I. The standard InChI is InChI=1S/C22H35N5O3S.HI/c1-19(21(28)26-12-6-7-13-26)25-14-16-27(17-15-25)22(23-2)24-11-8-18-31(29,30)20-9-4-3-5-10-20;/h3-5,9-10,19H,6-8,11-18H2,1-2H3,(H,23,24);1H. The van der Waals surface area contributed by atoms with Crippen molar-refractivity contribution >= 4 is 45.7 Å². The van der Waals surface area contributed by atoms with Gasteiger partial charge in [0.25, 0.3) is 0 Å². The number of piperazine rings is 1. The molecule has 3 rings (SSSR count). The van der Waals surface area contributed by atoms with Gasteiger partial charge in [0.15, 0.2) is 15.8 Å². The van der Waals surface area contributed by atoms with Gasteiger partial charge in [-0.05, 0) is 38.3 Å². The van der Waals surface area contributed by atoms with Crippen molar-refractivity contribution in [3.8, 4) is 0 Å². The lowest BCUT2D eigenvalue weighted by molar-refractivity contribution is -0.135. The van der Waals surface area contributed by atoms with Gasteiger partial charge in [-0.1, -0.05) is 18.2 Å². The van der Waals surface area contributed by atoms with Gasteiger partial charge in [0.2, 0.25) is 5.91 Å². The summed E-state index contributed by atoms with van der Waals surface area (Å²) < 4.78 is 24.8. The number of nitrogens with one attached hydrogen (secondary N) is 1. The third-order valence-corrected chi connectivity index (χ3v) is 7.94. The zero-order valence-electron chi connectivity index (χ0n) is 19.1. The number of likely N-dealkylation sites (tertiary alicyclic amines) is 1. The number of hydrogen-bond acceptors (Lipinski definition) is 5. The van der Waals surface area contributed by atoms with Crippen LogP contribution < -0.4 is 5.32 Å². The Labute approximate surface area is 209 Å². The van der Waals surface area contributed by atoms with Crippen molar-refractivity contribution in [2.75, 3.05) is 58.6 Å². The van der Waals surface area contributed by atoms with Crippen molar-refractivity contribution in [1.29, 1.82) is 0 Å². The normalized spacial score (nSPS) is 18.9. The molecule has 1 atom stereocenters. The number of aliphatic imine (C=N–C) groups is 1. The van der Waals surface area contributed by atoms with Gasteiger partial charge in [0.1, 0.15) is 0 Å². The van der Waals surface area contributed by atoms with Gasteiger partial charge in [-0.3, -0.25) is 14.7 Å². The lowest BCUT2D eigenvalue weighted by Crippen LogP contribution is -2.57. The molecule has 0 bridgehead atoms. The van der Waals surface area contributed by atoms with E-state index in [1.165, 1.54) is 0 Å². The molecule has 32 heavy (non-hydrogen) atoms. The zero-order chi connectivity index (χ0) is 22.3. The second-order valence-corrected chi connectivity index (χ2v) is 10.3. The second-order valence-electron chi connectivity index (χ2n) is 8.19. The van der Waals surface area contributed by atoms with Crippen LogP contribution in [0.4, 0.5) is 0 Å². The Hall–Kier alpha value is -1.40. The van der Waals surface area contributed by atoms with Gasteiger partial charge in [-0.15, -0.1) is 24.0 Å². The van der Waals surface area contributed by atoms with Crippen molar-refractivity contribution in [2.24, 2.45) is 4.99 Å². The number of rotatable bonds is 7. The maximum atomic E-state index is 12.7. The van der Waals surface area contributed by atoms with Crippen LogP contribution >= 0.6 is 24.0 Å². The van der Waals surface area contributed by atoms with E-state index in [1.807, 2.05) is 17.9 Å². The zero-order valence-corrected chi connectivity index (χ0v) is 22.2. The fourth-order valence-corrected chi connectivity index (χ4v) is 5.55. The number of guanidine groups is 1. The van der Waals surface area contributed by atoms with Gasteiger partial charge < -0.3 is 15.1 Å². The number of amides is 1. The molecule has 180 valence electrons. The summed E-state index contributed by atoms with van der Waals surface area (Å²) in [6.45, 7) is 7.53. The summed E-state index contributed by atoms with van der Waals surface area (Å²) >= 11 is 0. The molecular weight excluding hydrogens is 541 g/mol. The van der Waals surface area contributed by atoms with Gasteiger partial charge in [-0.25, -0.2) is 8.42 Å². The first kappa shape index (κ1) is 26.8. The highest BCUT2D eigenvalue weighted by Crippen LogP contribution is 2.14. The molecule has 0 aromatic heterocycles. The second kappa shape index (κ2) is 12.7. The molecule has 1 aromatic carbocycles. The molecule has 1 unspecified atom stereocenters. The lowest BCUT2D eigenvalue weighted by atomic mass is 10.2. The predicted molar refractivity (Wildman–Crippen MR) is 138 cm³/mol. The molecule has 0 saturated carbocycles. The van der Waals surface area contributed by atoms with Crippen LogP contribution in [0.5, 0.6) is 0 Å². The van der Waals surface area contributed by atoms with Crippen molar-refractivity contribution in [3.05, 3.63) is 30.3 Å². The first-order valence-electron chi connectivity index (χ1n) is 11.2. The smallest absolute Gasteiger partial charge is 0.239 e. The molecule has 1 N–H and O–H groups in total. The summed E-state index contributed by atoms with van der Waals surface area (Å²) in [4.78, 5) is 23.8. The Morgan fingerprint density at radius 3 is 2.25 bits per heavy atom. The van der Waals surface area contributed by atoms with E-state index in [0.29, 0.717) is 17.9 Å². The van der Waals surface area contributed by atoms with E-state index in [-0.39, 0.29) is 41.7 Å². The van der Waals surface area contributed by atoms with Crippen molar-refractivity contribution in [1.82, 2.24) is 20.0 Å². The number of benzene rings is 1. The van der Waals surface area contributed by atoms with E-state index in [9.17, 15) is 13.2 Å². The summed E-state index contributed by atoms with van der Waals surface area (Å²) in [6, 6.07) is 8.48. The van der Waals surface area contributed by atoms with E-state index in [0.717, 1.165) is 58.1 Å². The Kier molecular flexibility index (Phi) is 10.7. The van der Waals surface area contributed by atoms with Gasteiger partial charge in [-0.2, -0.15) is 0 Å². The van der Waals surface area contributed by atoms with Crippen molar-refractivity contribution < 1.29 is 13.2 Å². The minimum Gasteiger partial charge on any atom is -0.356 e. The monoisotopic (exact) mass is 577 g/mol. The fraction of sp³-hybridized carbons (Fsp3) is 0.636. The molecule has 2 aliphatic rings. The molecule has 0 spiro atoms. The number of hydrogen-bond donors (Lipinski definition) is 1. The summed E-state index contributed by atoms with van der Waals surface area (Å²) in [5.41, 5.74) is 0. The number of carbonyl (C=O) groups excluding carboxylic acids is 1.